The second-order valence-corrected chi connectivity index (χ2v) is 0.674. The molecule has 0 unspecified atom stereocenters. The van der Waals surface area contributed by atoms with Gasteiger partial charge in [0.05, 0.1) is 0 Å². The van der Waals surface area contributed by atoms with E-state index in [0.717, 1.165) is 0 Å². The molecular formula is C2H4N6. The van der Waals surface area contributed by atoms with Gasteiger partial charge in [0.15, 0.2) is 12.7 Å². The van der Waals surface area contributed by atoms with E-state index in [1.807, 2.05) is 10.9 Å². The van der Waals surface area contributed by atoms with Gasteiger partial charge < -0.3 is 0 Å². The van der Waals surface area contributed by atoms with Crippen molar-refractivity contribution in [1.29, 1.82) is 10.8 Å². The fraction of sp³-hybridized carbons (Fsp3) is 0. The van der Waals surface area contributed by atoms with Crippen molar-refractivity contribution in [3.05, 3.63) is 0 Å². The molecule has 0 aliphatic carbocycles. The van der Waals surface area contributed by atoms with Crippen molar-refractivity contribution in [2.24, 2.45) is 10.4 Å². The third kappa shape index (κ3) is 4.54. The molecule has 4 N–H and O–H groups in total. The lowest BCUT2D eigenvalue weighted by molar-refractivity contribution is 0.808. The molecule has 2 radical (unpaired) electrons. The molecule has 0 aliphatic heterocycles. The Bertz CT molecular complexity index is 82.7. The van der Waals surface area contributed by atoms with Gasteiger partial charge >= 0.3 is 0 Å². The second-order valence-electron chi connectivity index (χ2n) is 0.674. The fourth-order valence-corrected chi connectivity index (χ4v) is 0.100. The highest BCUT2D eigenvalue weighted by atomic mass is 15.5. The Kier molecular flexibility index (Phi) is 4.53. The molecule has 8 heavy (non-hydrogen) atoms. The van der Waals surface area contributed by atoms with Crippen LogP contribution in [-0.4, -0.2) is 12.7 Å². The van der Waals surface area contributed by atoms with Crippen molar-refractivity contribution >= 4 is 12.7 Å². The van der Waals surface area contributed by atoms with Crippen LogP contribution >= 0.6 is 0 Å². The Morgan fingerprint density at radius 1 is 1.00 bits per heavy atom. The summed E-state index contributed by atoms with van der Waals surface area (Å²) in [6.45, 7) is 0. The van der Waals surface area contributed by atoms with Gasteiger partial charge in [-0.3, -0.25) is 10.8 Å². The lowest BCUT2D eigenvalue weighted by Crippen LogP contribution is -2.03. The minimum atomic E-state index is 1.74. The summed E-state index contributed by atoms with van der Waals surface area (Å²) < 4.78 is 0. The van der Waals surface area contributed by atoms with E-state index < -0.39 is 0 Å². The molecule has 0 atom stereocenters. The van der Waals surface area contributed by atoms with Gasteiger partial charge in [-0.1, -0.05) is 0 Å². The summed E-state index contributed by atoms with van der Waals surface area (Å²) in [6, 6.07) is 0. The smallest absolute Gasteiger partial charge is 0.184 e. The van der Waals surface area contributed by atoms with Crippen molar-refractivity contribution in [2.45, 2.75) is 0 Å². The van der Waals surface area contributed by atoms with Crippen LogP contribution in [0.1, 0.15) is 0 Å². The lowest BCUT2D eigenvalue weighted by Gasteiger charge is -1.80. The van der Waals surface area contributed by atoms with Crippen LogP contribution in [-0.2, 0) is 0 Å². The largest absolute Gasteiger partial charge is 0.280 e. The van der Waals surface area contributed by atoms with Crippen molar-refractivity contribution < 1.29 is 0 Å². The Morgan fingerprint density at radius 2 is 1.38 bits per heavy atom. The Hall–Kier alpha value is -1.46. The van der Waals surface area contributed by atoms with Crippen LogP contribution in [0.15, 0.2) is 10.4 Å². The average molecular weight is 112 g/mol. The molecule has 0 saturated heterocycles. The molecule has 0 rings (SSSR count). The Labute approximate surface area is 46.0 Å². The normalized spacial score (nSPS) is 8.50. The molecule has 0 bridgehead atoms. The van der Waals surface area contributed by atoms with E-state index >= 15 is 0 Å². The topological polar surface area (TPSA) is 96.5 Å². The first-order valence-corrected chi connectivity index (χ1v) is 1.65. The van der Waals surface area contributed by atoms with E-state index in [4.69, 9.17) is 10.8 Å². The SMILES string of the molecule is N=[C]N/N=N/N[C]=N. The Balaban J connectivity index is 3.06. The van der Waals surface area contributed by atoms with Crippen molar-refractivity contribution in [2.75, 3.05) is 0 Å². The maximum absolute atomic E-state index is 6.23. The third-order valence-corrected chi connectivity index (χ3v) is 0.262. The molecule has 42 valence electrons. The molecule has 0 saturated carbocycles. The van der Waals surface area contributed by atoms with Crippen molar-refractivity contribution in [3.8, 4) is 0 Å². The fourth-order valence-electron chi connectivity index (χ4n) is 0.100. The zero-order valence-electron chi connectivity index (χ0n) is 3.89. The average Bonchev–Trinajstić information content (AvgIpc) is 1.81. The summed E-state index contributed by atoms with van der Waals surface area (Å²) in [5.74, 6) is 0. The first-order valence-electron chi connectivity index (χ1n) is 1.65. The highest BCUT2D eigenvalue weighted by Crippen LogP contribution is 1.54. The van der Waals surface area contributed by atoms with Gasteiger partial charge in [-0.25, -0.2) is 10.9 Å². The maximum atomic E-state index is 6.23. The molecule has 0 spiro atoms. The van der Waals surface area contributed by atoms with Crippen molar-refractivity contribution in [1.82, 2.24) is 10.9 Å². The van der Waals surface area contributed by atoms with Crippen LogP contribution < -0.4 is 10.9 Å². The number of nitrogens with one attached hydrogen (secondary N) is 4. The summed E-state index contributed by atoms with van der Waals surface area (Å²) in [6.07, 6.45) is 3.47. The van der Waals surface area contributed by atoms with Crippen LogP contribution in [0.4, 0.5) is 0 Å². The molecule has 0 aliphatic rings. The third-order valence-electron chi connectivity index (χ3n) is 0.262. The number of hydrogen-bond acceptors (Lipinski definition) is 4. The van der Waals surface area contributed by atoms with Gasteiger partial charge in [0, 0.05) is 0 Å². The first-order chi connectivity index (χ1) is 3.91. The zero-order valence-corrected chi connectivity index (χ0v) is 3.89. The summed E-state index contributed by atoms with van der Waals surface area (Å²) >= 11 is 0. The summed E-state index contributed by atoms with van der Waals surface area (Å²) in [5.41, 5.74) is 3.94. The molecule has 6 nitrogen and oxygen atoms in total. The Morgan fingerprint density at radius 3 is 1.62 bits per heavy atom. The molecule has 0 aromatic carbocycles. The van der Waals surface area contributed by atoms with Crippen molar-refractivity contribution in [3.63, 3.8) is 0 Å². The van der Waals surface area contributed by atoms with Gasteiger partial charge in [0.1, 0.15) is 0 Å². The van der Waals surface area contributed by atoms with E-state index in [2.05, 4.69) is 10.4 Å². The predicted octanol–water partition coefficient (Wildman–Crippen LogP) is -0.584. The van der Waals surface area contributed by atoms with Crippen LogP contribution in [0.2, 0.25) is 0 Å². The number of nitrogens with zero attached hydrogens (tertiary/aromatic N) is 2. The standard InChI is InChI=1S/C2H4N6/c3-1-5-7-8-6-2-4/h(H2,3,5,8)(H2,4,6,7). The van der Waals surface area contributed by atoms with Crippen LogP contribution in [0.25, 0.3) is 0 Å². The lowest BCUT2D eigenvalue weighted by atomic mass is 11.4. The highest BCUT2D eigenvalue weighted by Gasteiger charge is 1.64. The minimum absolute atomic E-state index is 1.74. The summed E-state index contributed by atoms with van der Waals surface area (Å²) in [7, 11) is 0. The molecule has 0 fully saturated rings. The molecule has 0 heterocycles. The van der Waals surface area contributed by atoms with Gasteiger partial charge in [-0.2, -0.15) is 0 Å². The van der Waals surface area contributed by atoms with Crippen LogP contribution in [0.5, 0.6) is 0 Å². The van der Waals surface area contributed by atoms with Crippen LogP contribution in [0.3, 0.4) is 0 Å². The van der Waals surface area contributed by atoms with E-state index in [1.165, 1.54) is 0 Å². The monoisotopic (exact) mass is 112 g/mol. The maximum Gasteiger partial charge on any atom is 0.184 e. The molecular weight excluding hydrogens is 108 g/mol. The van der Waals surface area contributed by atoms with E-state index in [0.29, 0.717) is 0 Å². The van der Waals surface area contributed by atoms with E-state index in [9.17, 15) is 0 Å². The highest BCUT2D eigenvalue weighted by molar-refractivity contribution is 5.49. The number of rotatable bonds is 4. The first kappa shape index (κ1) is 6.54. The van der Waals surface area contributed by atoms with E-state index in [-0.39, 0.29) is 0 Å². The van der Waals surface area contributed by atoms with E-state index in [1.54, 1.807) is 12.7 Å². The molecule has 0 aromatic rings. The zero-order chi connectivity index (χ0) is 6.24. The summed E-state index contributed by atoms with van der Waals surface area (Å²) in [5, 5.41) is 18.6. The van der Waals surface area contributed by atoms with Crippen LogP contribution in [0, 0.1) is 10.8 Å². The predicted molar refractivity (Wildman–Crippen MR) is 26.6 cm³/mol. The quantitative estimate of drug-likeness (QED) is 0.129. The summed E-state index contributed by atoms with van der Waals surface area (Å²) in [4.78, 5) is 0. The second kappa shape index (κ2) is 5.54. The molecule has 0 amide bonds. The van der Waals surface area contributed by atoms with Gasteiger partial charge in [-0.05, 0) is 10.4 Å². The van der Waals surface area contributed by atoms with Gasteiger partial charge in [-0.15, -0.1) is 0 Å². The van der Waals surface area contributed by atoms with Gasteiger partial charge in [0.2, 0.25) is 0 Å². The van der Waals surface area contributed by atoms with Gasteiger partial charge in [0.25, 0.3) is 0 Å². The number of hydrogen-bond donors (Lipinski definition) is 4. The molecule has 0 aromatic heterocycles. The minimum Gasteiger partial charge on any atom is -0.280 e. The molecule has 6 heteroatoms.